The fourth-order valence-electron chi connectivity index (χ4n) is 6.95. The molecule has 4 rings (SSSR count). The van der Waals surface area contributed by atoms with Crippen LogP contribution in [0.1, 0.15) is 208 Å². The summed E-state index contributed by atoms with van der Waals surface area (Å²) in [5, 5.41) is 9.82. The van der Waals surface area contributed by atoms with Gasteiger partial charge in [0.05, 0.1) is 10.7 Å². The van der Waals surface area contributed by atoms with E-state index in [0.717, 1.165) is 36.3 Å². The van der Waals surface area contributed by atoms with E-state index in [2.05, 4.69) is 77.1 Å². The summed E-state index contributed by atoms with van der Waals surface area (Å²) in [4.78, 5) is 0. The predicted octanol–water partition coefficient (Wildman–Crippen LogP) is 16.1. The molecule has 1 saturated carbocycles. The number of ether oxygens (including phenoxy) is 2. The Kier molecular flexibility index (Phi) is 51.8. The van der Waals surface area contributed by atoms with E-state index in [1.54, 1.807) is 0 Å². The van der Waals surface area contributed by atoms with Crippen molar-refractivity contribution >= 4 is 46.4 Å². The molecule has 0 atom stereocenters. The van der Waals surface area contributed by atoms with Crippen LogP contribution in [-0.2, 0) is 19.3 Å². The topological polar surface area (TPSA) is 68.7 Å². The Balaban J connectivity index is -0.00000106. The van der Waals surface area contributed by atoms with Crippen LogP contribution in [0, 0.1) is 20.8 Å². The van der Waals surface area contributed by atoms with E-state index in [0.29, 0.717) is 5.75 Å². The predicted molar refractivity (Wildman–Crippen MR) is 275 cm³/mol. The molecule has 358 valence electrons. The molecule has 3 aromatic rings. The van der Waals surface area contributed by atoms with E-state index in [9.17, 15) is 5.11 Å². The molecule has 0 spiro atoms. The second-order valence-electron chi connectivity index (χ2n) is 16.6. The number of benzene rings is 3. The van der Waals surface area contributed by atoms with Crippen LogP contribution in [0.5, 0.6) is 17.2 Å². The second kappa shape index (κ2) is 49.1. The monoisotopic (exact) mass is 965 g/mol. The first kappa shape index (κ1) is 66.5. The van der Waals surface area contributed by atoms with Gasteiger partial charge in [-0.1, -0.05) is 192 Å². The van der Waals surface area contributed by atoms with Crippen molar-refractivity contribution in [2.45, 2.75) is 215 Å². The minimum atomic E-state index is 0. The summed E-state index contributed by atoms with van der Waals surface area (Å²) < 4.78 is 11.9. The minimum absolute atomic E-state index is 0. The maximum Gasteiger partial charge on any atom is 1.00 e. The van der Waals surface area contributed by atoms with Gasteiger partial charge in [-0.15, -0.1) is 46.4 Å². The van der Waals surface area contributed by atoms with E-state index in [1.807, 2.05) is 19.1 Å². The molecule has 63 heavy (non-hydrogen) atoms. The van der Waals surface area contributed by atoms with Gasteiger partial charge in [0.1, 0.15) is 17.2 Å². The molecule has 0 heterocycles. The van der Waals surface area contributed by atoms with Crippen molar-refractivity contribution in [3.8, 4) is 17.2 Å². The summed E-state index contributed by atoms with van der Waals surface area (Å²) in [7, 11) is 0. The molecular weight excluding hydrogens is 877 g/mol. The number of unbranched alkanes of at least 4 members (excludes halogenated alkanes) is 18. The first-order valence-corrected chi connectivity index (χ1v) is 26.3. The normalized spacial score (nSPS) is 10.8. The first-order chi connectivity index (χ1) is 29.7. The number of rotatable bonds is 28. The standard InChI is InChI=1S/C33H52O2.C16H26O.C3H6.2CH2Cl2.Na.H2O/c1-5-7-9-11-13-15-17-19-30-21-23-32(28(3)25-30)34-27-35-33-24-22-31(26-29(33)4)20-18-16-14-12-10-8-6-2;1-3-4-5-6-7-8-9-10-15-11-12-16(17)14(2)13-15;1-2-3-1;2*2-1-3;;/h21-26H,5-20,27H2,1-4H3;11-13,17H,3-10H2,1-2H3;1-3H2;2*1H2;;1H2/q;;;;;+1;/p-1. The van der Waals surface area contributed by atoms with Crippen LogP contribution in [0.15, 0.2) is 54.6 Å². The first-order valence-electron chi connectivity index (χ1n) is 24.2. The Morgan fingerprint density at radius 3 is 0.968 bits per heavy atom. The van der Waals surface area contributed by atoms with E-state index in [1.165, 1.54) is 182 Å². The molecule has 1 aliphatic carbocycles. The van der Waals surface area contributed by atoms with Gasteiger partial charge in [0.25, 0.3) is 0 Å². The third kappa shape index (κ3) is 41.1. The molecule has 2 N–H and O–H groups in total. The average Bonchev–Trinajstić information content (AvgIpc) is 4.14. The number of hydrogen-bond donors (Lipinski definition) is 1. The number of aromatic hydroxyl groups is 1. The van der Waals surface area contributed by atoms with Crippen molar-refractivity contribution in [2.24, 2.45) is 0 Å². The molecule has 1 aliphatic rings. The van der Waals surface area contributed by atoms with Crippen LogP contribution in [0.4, 0.5) is 0 Å². The third-order valence-electron chi connectivity index (χ3n) is 10.7. The Labute approximate surface area is 430 Å². The zero-order chi connectivity index (χ0) is 45.2. The van der Waals surface area contributed by atoms with Crippen LogP contribution in [0.25, 0.3) is 0 Å². The molecule has 0 amide bonds. The maximum atomic E-state index is 9.44. The molecule has 9 heteroatoms. The molecule has 0 aliphatic heterocycles. The Bertz CT molecular complexity index is 1350. The summed E-state index contributed by atoms with van der Waals surface area (Å²) in [6.07, 6.45) is 36.4. The minimum Gasteiger partial charge on any atom is -0.870 e. The maximum absolute atomic E-state index is 9.44. The largest absolute Gasteiger partial charge is 1.00 e. The molecule has 0 radical (unpaired) electrons. The van der Waals surface area contributed by atoms with Crippen molar-refractivity contribution in [3.05, 3.63) is 88.0 Å². The molecule has 4 nitrogen and oxygen atoms in total. The summed E-state index contributed by atoms with van der Waals surface area (Å²) in [5.41, 5.74) is 7.55. The number of halogens is 4. The van der Waals surface area contributed by atoms with E-state index >= 15 is 0 Å². The molecule has 0 aromatic heterocycles. The molecule has 1 fully saturated rings. The molecule has 3 aromatic carbocycles. The van der Waals surface area contributed by atoms with Gasteiger partial charge in [-0.25, -0.2) is 0 Å². The fraction of sp³-hybridized carbons (Fsp3) is 0.667. The van der Waals surface area contributed by atoms with Crippen molar-refractivity contribution in [1.29, 1.82) is 0 Å². The van der Waals surface area contributed by atoms with Crippen molar-refractivity contribution < 1.29 is 49.6 Å². The van der Waals surface area contributed by atoms with E-state index in [4.69, 9.17) is 55.9 Å². The van der Waals surface area contributed by atoms with E-state index in [-0.39, 0.29) is 52.5 Å². The van der Waals surface area contributed by atoms with Gasteiger partial charge >= 0.3 is 29.6 Å². The van der Waals surface area contributed by atoms with E-state index < -0.39 is 0 Å². The third-order valence-corrected chi connectivity index (χ3v) is 10.7. The number of phenolic OH excluding ortho intramolecular Hbond substituents is 1. The molecule has 0 saturated heterocycles. The van der Waals surface area contributed by atoms with Crippen LogP contribution in [0.2, 0.25) is 0 Å². The quantitative estimate of drug-likeness (QED) is 0.0341. The number of phenols is 1. The number of hydrogen-bond acceptors (Lipinski definition) is 4. The second-order valence-corrected chi connectivity index (χ2v) is 18.2. The van der Waals surface area contributed by atoms with Gasteiger partial charge in [-0.2, -0.15) is 0 Å². The number of aryl methyl sites for hydroxylation is 6. The van der Waals surface area contributed by atoms with Crippen molar-refractivity contribution in [1.82, 2.24) is 0 Å². The Morgan fingerprint density at radius 1 is 0.429 bits per heavy atom. The van der Waals surface area contributed by atoms with Gasteiger partial charge in [-0.3, -0.25) is 0 Å². The smallest absolute Gasteiger partial charge is 0.870 e. The average molecular weight is 967 g/mol. The SMILES string of the molecule is C1CC1.CCCCCCCCCc1ccc(O)c(C)c1.CCCCCCCCCc1ccc(OCOc2ccc(CCCCCCCCC)cc2C)c(C)c1.ClCCl.ClCCl.[Na+].[OH-]. The molecule has 0 unspecified atom stereocenters. The van der Waals surface area contributed by atoms with Gasteiger partial charge in [0, 0.05) is 0 Å². The zero-order valence-electron chi connectivity index (χ0n) is 41.1. The fourth-order valence-corrected chi connectivity index (χ4v) is 6.95. The summed E-state index contributed by atoms with van der Waals surface area (Å²) in [6, 6.07) is 19.1. The summed E-state index contributed by atoms with van der Waals surface area (Å²) in [5.74, 6) is 2.25. The van der Waals surface area contributed by atoms with Crippen LogP contribution in [0.3, 0.4) is 0 Å². The van der Waals surface area contributed by atoms with Gasteiger partial charge in [-0.05, 0) is 111 Å². The van der Waals surface area contributed by atoms with Crippen molar-refractivity contribution in [2.75, 3.05) is 17.5 Å². The van der Waals surface area contributed by atoms with Gasteiger partial charge in [0.15, 0.2) is 0 Å². The van der Waals surface area contributed by atoms with Crippen LogP contribution < -0.4 is 39.0 Å². The Hall–Kier alpha value is -0.820. The van der Waals surface area contributed by atoms with Crippen LogP contribution >= 0.6 is 46.4 Å². The summed E-state index contributed by atoms with van der Waals surface area (Å²) >= 11 is 19.1. The number of alkyl halides is 4. The van der Waals surface area contributed by atoms with Gasteiger partial charge < -0.3 is 20.1 Å². The van der Waals surface area contributed by atoms with Gasteiger partial charge in [0.2, 0.25) is 6.79 Å². The Morgan fingerprint density at radius 2 is 0.698 bits per heavy atom. The molecular formula is C54H89Cl4NaO4. The zero-order valence-corrected chi connectivity index (χ0v) is 46.2. The molecule has 0 bridgehead atoms. The summed E-state index contributed by atoms with van der Waals surface area (Å²) in [6.45, 7) is 13.3. The van der Waals surface area contributed by atoms with Crippen LogP contribution in [-0.4, -0.2) is 28.1 Å². The van der Waals surface area contributed by atoms with Crippen molar-refractivity contribution in [3.63, 3.8) is 0 Å².